The number of hydrogen-bond acceptors (Lipinski definition) is 3. The van der Waals surface area contributed by atoms with Crippen LogP contribution in [0.15, 0.2) is 0 Å². The van der Waals surface area contributed by atoms with E-state index < -0.39 is 23.3 Å². The predicted molar refractivity (Wildman–Crippen MR) is 43.6 cm³/mol. The van der Waals surface area contributed by atoms with Crippen molar-refractivity contribution in [1.29, 1.82) is 0 Å². The first-order chi connectivity index (χ1) is 5.75. The predicted octanol–water partition coefficient (Wildman–Crippen LogP) is 0.339. The summed E-state index contributed by atoms with van der Waals surface area (Å²) in [6.07, 6.45) is -0.388. The number of rotatable bonds is 5. The van der Waals surface area contributed by atoms with Gasteiger partial charge in [-0.05, 0) is 31.0 Å². The molecular formula is C6H11ClF2N2O2. The summed E-state index contributed by atoms with van der Waals surface area (Å²) < 4.78 is 25.1. The average Bonchev–Trinajstić information content (AvgIpc) is 1.97. The Labute approximate surface area is 78.8 Å². The molecule has 0 radical (unpaired) electrons. The van der Waals surface area contributed by atoms with E-state index in [-0.39, 0.29) is 13.0 Å². The van der Waals surface area contributed by atoms with E-state index in [1.54, 1.807) is 0 Å². The van der Waals surface area contributed by atoms with Crippen LogP contribution < -0.4 is 11.5 Å². The highest BCUT2D eigenvalue weighted by Crippen LogP contribution is 2.34. The number of aliphatic carboxylic acids is 1. The maximum Gasteiger partial charge on any atom is 0.350 e. The van der Waals surface area contributed by atoms with Crippen LogP contribution in [0.5, 0.6) is 0 Å². The molecule has 0 heterocycles. The third kappa shape index (κ3) is 2.75. The minimum atomic E-state index is -3.98. The smallest absolute Gasteiger partial charge is 0.350 e. The number of carbonyl (C=O) groups is 1. The van der Waals surface area contributed by atoms with Crippen LogP contribution in [-0.2, 0) is 4.79 Å². The Morgan fingerprint density at radius 1 is 1.54 bits per heavy atom. The van der Waals surface area contributed by atoms with Gasteiger partial charge in [0.2, 0.25) is 0 Å². The fourth-order valence-electron chi connectivity index (χ4n) is 0.751. The highest BCUT2D eigenvalue weighted by molar-refractivity contribution is 6.24. The summed E-state index contributed by atoms with van der Waals surface area (Å²) >= 11 is 4.59. The lowest BCUT2D eigenvalue weighted by molar-refractivity contribution is -0.153. The molecule has 0 fully saturated rings. The largest absolute Gasteiger partial charge is 0.480 e. The van der Waals surface area contributed by atoms with Gasteiger partial charge in [-0.15, -0.1) is 0 Å². The van der Waals surface area contributed by atoms with E-state index in [0.29, 0.717) is 0 Å². The van der Waals surface area contributed by atoms with Gasteiger partial charge in [0.15, 0.2) is 5.54 Å². The zero-order chi connectivity index (χ0) is 10.7. The lowest BCUT2D eigenvalue weighted by Crippen LogP contribution is -2.59. The molecule has 0 aliphatic heterocycles. The van der Waals surface area contributed by atoms with E-state index in [4.69, 9.17) is 16.6 Å². The zero-order valence-electron chi connectivity index (χ0n) is 6.77. The van der Waals surface area contributed by atoms with Crippen LogP contribution in [0.25, 0.3) is 0 Å². The van der Waals surface area contributed by atoms with E-state index >= 15 is 0 Å². The first-order valence-corrected chi connectivity index (χ1v) is 3.92. The quantitative estimate of drug-likeness (QED) is 0.578. The summed E-state index contributed by atoms with van der Waals surface area (Å²) in [6, 6.07) is 0. The zero-order valence-corrected chi connectivity index (χ0v) is 7.52. The van der Waals surface area contributed by atoms with Crippen molar-refractivity contribution < 1.29 is 18.7 Å². The van der Waals surface area contributed by atoms with Gasteiger partial charge in [-0.25, -0.2) is 4.79 Å². The molecule has 0 aromatic rings. The van der Waals surface area contributed by atoms with Crippen molar-refractivity contribution in [3.05, 3.63) is 0 Å². The molecule has 0 bridgehead atoms. The molecular weight excluding hydrogens is 206 g/mol. The molecule has 5 N–H and O–H groups in total. The van der Waals surface area contributed by atoms with E-state index in [2.05, 4.69) is 11.6 Å². The minimum absolute atomic E-state index is 0.0745. The van der Waals surface area contributed by atoms with Crippen molar-refractivity contribution in [3.63, 3.8) is 0 Å². The number of nitrogens with two attached hydrogens (primary N) is 2. The van der Waals surface area contributed by atoms with Crippen LogP contribution in [0.3, 0.4) is 0 Å². The molecule has 0 aromatic carbocycles. The molecule has 0 amide bonds. The number of halogens is 3. The van der Waals surface area contributed by atoms with Gasteiger partial charge in [0.1, 0.15) is 0 Å². The van der Waals surface area contributed by atoms with Crippen LogP contribution in [0, 0.1) is 0 Å². The number of hydrogen-bond donors (Lipinski definition) is 3. The lowest BCUT2D eigenvalue weighted by Gasteiger charge is -2.28. The van der Waals surface area contributed by atoms with Gasteiger partial charge < -0.3 is 16.6 Å². The highest BCUT2D eigenvalue weighted by Gasteiger charge is 2.55. The molecule has 0 saturated carbocycles. The van der Waals surface area contributed by atoms with E-state index in [0.717, 1.165) is 0 Å². The molecule has 0 rings (SSSR count). The lowest BCUT2D eigenvalue weighted by atomic mass is 9.95. The second-order valence-corrected chi connectivity index (χ2v) is 3.14. The molecule has 78 valence electrons. The molecule has 0 aliphatic rings. The summed E-state index contributed by atoms with van der Waals surface area (Å²) in [7, 11) is 0. The number of carboxylic acid groups (broad SMARTS) is 1. The fraction of sp³-hybridized carbons (Fsp3) is 0.833. The van der Waals surface area contributed by atoms with E-state index in [1.807, 2.05) is 0 Å². The van der Waals surface area contributed by atoms with Crippen LogP contribution in [-0.4, -0.2) is 28.5 Å². The van der Waals surface area contributed by atoms with Gasteiger partial charge in [0.05, 0.1) is 0 Å². The van der Waals surface area contributed by atoms with Crippen LogP contribution >= 0.6 is 11.6 Å². The van der Waals surface area contributed by atoms with Gasteiger partial charge in [-0.2, -0.15) is 8.78 Å². The summed E-state index contributed by atoms with van der Waals surface area (Å²) in [4.78, 5) is 10.4. The summed E-state index contributed by atoms with van der Waals surface area (Å²) in [5, 5.41) is 4.49. The van der Waals surface area contributed by atoms with Gasteiger partial charge in [0, 0.05) is 0 Å². The Kier molecular flexibility index (Phi) is 4.02. The standard InChI is InChI=1S/C6H11ClF2N2O2/c7-6(8,9)5(11,4(12)13)2-1-3-10/h1-3,10-11H2,(H,12,13)/t5-/m0/s1. The Bertz CT molecular complexity index is 198. The summed E-state index contributed by atoms with van der Waals surface area (Å²) in [5.74, 6) is -1.83. The highest BCUT2D eigenvalue weighted by atomic mass is 35.5. The van der Waals surface area contributed by atoms with Gasteiger partial charge in [-0.3, -0.25) is 0 Å². The van der Waals surface area contributed by atoms with Crippen molar-refractivity contribution in [2.24, 2.45) is 11.5 Å². The minimum Gasteiger partial charge on any atom is -0.480 e. The SMILES string of the molecule is NCCC[C@](N)(C(=O)O)C(F)(F)Cl. The maximum absolute atomic E-state index is 12.6. The Morgan fingerprint density at radius 3 is 2.23 bits per heavy atom. The molecule has 0 aliphatic carbocycles. The second-order valence-electron chi connectivity index (χ2n) is 2.67. The van der Waals surface area contributed by atoms with Crippen molar-refractivity contribution in [3.8, 4) is 0 Å². The summed E-state index contributed by atoms with van der Waals surface area (Å²) in [6.45, 7) is 0.0825. The molecule has 0 unspecified atom stereocenters. The monoisotopic (exact) mass is 216 g/mol. The molecule has 0 aromatic heterocycles. The van der Waals surface area contributed by atoms with Gasteiger partial charge >= 0.3 is 11.4 Å². The molecule has 0 spiro atoms. The number of alkyl halides is 3. The average molecular weight is 217 g/mol. The van der Waals surface area contributed by atoms with Crippen molar-refractivity contribution in [1.82, 2.24) is 0 Å². The van der Waals surface area contributed by atoms with Crippen molar-refractivity contribution in [2.45, 2.75) is 23.8 Å². The second kappa shape index (κ2) is 4.17. The molecule has 13 heavy (non-hydrogen) atoms. The Hall–Kier alpha value is -0.460. The van der Waals surface area contributed by atoms with Crippen LogP contribution in [0.1, 0.15) is 12.8 Å². The van der Waals surface area contributed by atoms with Crippen molar-refractivity contribution >= 4 is 17.6 Å². The molecule has 7 heteroatoms. The van der Waals surface area contributed by atoms with E-state index in [1.165, 1.54) is 0 Å². The third-order valence-corrected chi connectivity index (χ3v) is 2.00. The maximum atomic E-state index is 12.6. The van der Waals surface area contributed by atoms with Crippen LogP contribution in [0.4, 0.5) is 8.78 Å². The topological polar surface area (TPSA) is 89.3 Å². The van der Waals surface area contributed by atoms with Gasteiger partial charge in [0.25, 0.3) is 0 Å². The van der Waals surface area contributed by atoms with Crippen molar-refractivity contribution in [2.75, 3.05) is 6.54 Å². The van der Waals surface area contributed by atoms with Crippen LogP contribution in [0.2, 0.25) is 0 Å². The normalized spacial score (nSPS) is 16.7. The molecule has 1 atom stereocenters. The van der Waals surface area contributed by atoms with Gasteiger partial charge in [-0.1, -0.05) is 0 Å². The first-order valence-electron chi connectivity index (χ1n) is 3.55. The Balaban J connectivity index is 4.64. The fourth-order valence-corrected chi connectivity index (χ4v) is 0.926. The Morgan fingerprint density at radius 2 is 2.00 bits per heavy atom. The number of carboxylic acids is 1. The molecule has 4 nitrogen and oxygen atoms in total. The first kappa shape index (κ1) is 12.5. The third-order valence-electron chi connectivity index (χ3n) is 1.66. The van der Waals surface area contributed by atoms with E-state index in [9.17, 15) is 13.6 Å². The summed E-state index contributed by atoms with van der Waals surface area (Å²) in [5.41, 5.74) is 7.27. The molecule has 0 saturated heterocycles.